The van der Waals surface area contributed by atoms with Crippen molar-refractivity contribution in [2.75, 3.05) is 78.9 Å². The topological polar surface area (TPSA) is 136 Å². The van der Waals surface area contributed by atoms with Crippen LogP contribution in [0.1, 0.15) is 66.6 Å². The van der Waals surface area contributed by atoms with Crippen LogP contribution in [0.2, 0.25) is 0 Å². The summed E-state index contributed by atoms with van der Waals surface area (Å²) in [5, 5.41) is 14.3. The Balaban J connectivity index is 0.789. The number of nitriles is 1. The number of piperazine rings is 2. The Kier molecular flexibility index (Phi) is 11.6. The summed E-state index contributed by atoms with van der Waals surface area (Å²) in [6, 6.07) is 14.1. The molecule has 4 fully saturated rings. The van der Waals surface area contributed by atoms with Crippen LogP contribution in [0, 0.1) is 23.1 Å². The number of carbonyl (C=O) groups excluding carboxylic acids is 4. The molecule has 0 aliphatic carbocycles. The summed E-state index contributed by atoms with van der Waals surface area (Å²) in [7, 11) is 0. The highest BCUT2D eigenvalue weighted by Crippen LogP contribution is 2.36. The number of hydrogen-bond acceptors (Lipinski definition) is 9. The fraction of sp³-hybridized carbons (Fsp3) is 0.477. The van der Waals surface area contributed by atoms with Crippen LogP contribution in [0.15, 0.2) is 54.6 Å². The first-order chi connectivity index (χ1) is 29.2. The van der Waals surface area contributed by atoms with E-state index in [0.29, 0.717) is 54.6 Å². The van der Waals surface area contributed by atoms with Crippen LogP contribution >= 0.6 is 0 Å². The highest BCUT2D eigenvalue weighted by molar-refractivity contribution is 6.05. The minimum Gasteiger partial charge on any atom is -0.369 e. The van der Waals surface area contributed by atoms with E-state index >= 15 is 4.39 Å². The van der Waals surface area contributed by atoms with Crippen LogP contribution in [0.5, 0.6) is 0 Å². The molecule has 5 amide bonds. The van der Waals surface area contributed by atoms with Gasteiger partial charge in [-0.2, -0.15) is 18.4 Å². The fourth-order valence-corrected chi connectivity index (χ4v) is 9.52. The van der Waals surface area contributed by atoms with E-state index in [1.54, 1.807) is 32.9 Å². The van der Waals surface area contributed by atoms with Gasteiger partial charge in [0.15, 0.2) is 0 Å². The maximum absolute atomic E-state index is 15.6. The monoisotopic (exact) mass is 843 g/mol. The third kappa shape index (κ3) is 8.68. The zero-order chi connectivity index (χ0) is 43.2. The molecule has 13 nitrogen and oxygen atoms in total. The maximum atomic E-state index is 15.6. The van der Waals surface area contributed by atoms with Crippen molar-refractivity contribution in [1.29, 1.82) is 5.26 Å². The van der Waals surface area contributed by atoms with Gasteiger partial charge < -0.3 is 29.8 Å². The molecule has 0 radical (unpaired) electrons. The van der Waals surface area contributed by atoms with Crippen LogP contribution < -0.4 is 25.3 Å². The van der Waals surface area contributed by atoms with E-state index in [4.69, 9.17) is 0 Å². The van der Waals surface area contributed by atoms with Crippen LogP contribution in [-0.4, -0.2) is 115 Å². The smallest absolute Gasteiger partial charge is 0.369 e. The average molecular weight is 844 g/mol. The molecule has 17 heteroatoms. The van der Waals surface area contributed by atoms with E-state index in [0.717, 1.165) is 62.9 Å². The molecule has 3 aromatic carbocycles. The van der Waals surface area contributed by atoms with Gasteiger partial charge in [-0.1, -0.05) is 0 Å². The molecule has 5 aliphatic rings. The standard InChI is InChI=1S/C44H49F4N9O4/c1-27-24-56(28(2)23-55(27)34-5-3-30(22-49)36(21-34)44(46,47)48)43(61)50-32-4-8-38(37(45)20-32)54-13-11-29(12-14-54)25-52-15-17-53(18-16-52)33-6-7-35-31(19-33)26-57(42(35)60)39-9-10-40(58)51-41(39)59/h3-8,19-21,27-29,39H,9-18,23-26H2,1-2H3,(H,50,61)(H,51,58,59)/t27-,28+,39?/m0/s1. The number of piperidine rings is 2. The predicted octanol–water partition coefficient (Wildman–Crippen LogP) is 5.65. The number of nitrogens with one attached hydrogen (secondary N) is 2. The first-order valence-corrected chi connectivity index (χ1v) is 20.9. The Morgan fingerprint density at radius 1 is 0.852 bits per heavy atom. The molecule has 0 aromatic heterocycles. The zero-order valence-electron chi connectivity index (χ0n) is 34.2. The molecule has 0 spiro atoms. The van der Waals surface area contributed by atoms with Crippen LogP contribution in [-0.2, 0) is 22.3 Å². The van der Waals surface area contributed by atoms with E-state index < -0.39 is 41.1 Å². The van der Waals surface area contributed by atoms with Gasteiger partial charge in [0.05, 0.1) is 22.9 Å². The number of anilines is 4. The van der Waals surface area contributed by atoms with Crippen molar-refractivity contribution in [3.8, 4) is 6.07 Å². The van der Waals surface area contributed by atoms with Gasteiger partial charge in [0.1, 0.15) is 11.9 Å². The number of rotatable bonds is 7. The van der Waals surface area contributed by atoms with Crippen molar-refractivity contribution in [1.82, 2.24) is 20.0 Å². The fourth-order valence-electron chi connectivity index (χ4n) is 9.52. The van der Waals surface area contributed by atoms with Crippen LogP contribution in [0.4, 0.5) is 45.1 Å². The number of nitrogens with zero attached hydrogens (tertiary/aromatic N) is 7. The van der Waals surface area contributed by atoms with Crippen molar-refractivity contribution >= 4 is 46.5 Å². The maximum Gasteiger partial charge on any atom is 0.417 e. The molecule has 0 saturated carbocycles. The van der Waals surface area contributed by atoms with Crippen LogP contribution in [0.25, 0.3) is 0 Å². The van der Waals surface area contributed by atoms with Gasteiger partial charge in [0.25, 0.3) is 5.91 Å². The van der Waals surface area contributed by atoms with Gasteiger partial charge >= 0.3 is 12.2 Å². The minimum absolute atomic E-state index is 0.176. The van der Waals surface area contributed by atoms with Crippen molar-refractivity contribution < 1.29 is 36.7 Å². The lowest BCUT2D eigenvalue weighted by atomic mass is 9.95. The number of fused-ring (bicyclic) bond motifs is 1. The summed E-state index contributed by atoms with van der Waals surface area (Å²) in [5.41, 5.74) is 2.23. The molecule has 0 bridgehead atoms. The number of carbonyl (C=O) groups is 4. The predicted molar refractivity (Wildman–Crippen MR) is 221 cm³/mol. The lowest BCUT2D eigenvalue weighted by Gasteiger charge is -2.45. The van der Waals surface area contributed by atoms with Gasteiger partial charge in [-0.15, -0.1) is 0 Å². The number of alkyl halides is 3. The number of benzene rings is 3. The van der Waals surface area contributed by atoms with Gasteiger partial charge in [-0.3, -0.25) is 24.6 Å². The molecule has 61 heavy (non-hydrogen) atoms. The number of imide groups is 1. The minimum atomic E-state index is -4.68. The Labute approximate surface area is 351 Å². The third-order valence-electron chi connectivity index (χ3n) is 12.9. The zero-order valence-corrected chi connectivity index (χ0v) is 34.2. The summed E-state index contributed by atoms with van der Waals surface area (Å²) in [6.07, 6.45) is -2.28. The highest BCUT2D eigenvalue weighted by atomic mass is 19.4. The molecule has 2 N–H and O–H groups in total. The molecular weight excluding hydrogens is 795 g/mol. The van der Waals surface area contributed by atoms with Crippen molar-refractivity contribution in [2.24, 2.45) is 5.92 Å². The Bertz CT molecular complexity index is 2250. The second kappa shape index (κ2) is 16.9. The Hall–Kier alpha value is -5.89. The molecule has 3 aromatic rings. The van der Waals surface area contributed by atoms with Gasteiger partial charge in [-0.25, -0.2) is 9.18 Å². The molecule has 1 unspecified atom stereocenters. The lowest BCUT2D eigenvalue weighted by Crippen LogP contribution is -2.59. The summed E-state index contributed by atoms with van der Waals surface area (Å²) in [6.45, 7) is 10.3. The second-order valence-electron chi connectivity index (χ2n) is 16.9. The van der Waals surface area contributed by atoms with Crippen molar-refractivity contribution in [3.05, 3.63) is 82.7 Å². The number of amides is 5. The summed E-state index contributed by atoms with van der Waals surface area (Å²) in [5.74, 6) is -0.854. The number of halogens is 4. The molecular formula is C44H49F4N9O4. The molecule has 3 atom stereocenters. The molecule has 5 aliphatic heterocycles. The SMILES string of the molecule is C[C@@H]1CN(c2ccc(C#N)c(C(F)(F)F)c2)[C@@H](C)CN1C(=O)Nc1ccc(N2CCC(CN3CCN(c4ccc5c(c4)CN(C4CCC(=O)NC4=O)C5=O)CC3)CC2)c(F)c1. The largest absolute Gasteiger partial charge is 0.417 e. The van der Waals surface area contributed by atoms with E-state index in [2.05, 4.69) is 26.5 Å². The average Bonchev–Trinajstić information content (AvgIpc) is 3.56. The Morgan fingerprint density at radius 3 is 2.28 bits per heavy atom. The van der Waals surface area contributed by atoms with Crippen LogP contribution in [0.3, 0.4) is 0 Å². The van der Waals surface area contributed by atoms with Gasteiger partial charge in [0.2, 0.25) is 11.8 Å². The van der Waals surface area contributed by atoms with Crippen molar-refractivity contribution in [3.63, 3.8) is 0 Å². The quantitative estimate of drug-likeness (QED) is 0.229. The van der Waals surface area contributed by atoms with E-state index in [9.17, 15) is 37.6 Å². The van der Waals surface area contributed by atoms with Crippen molar-refractivity contribution in [2.45, 2.75) is 70.4 Å². The molecule has 8 rings (SSSR count). The number of hydrogen-bond donors (Lipinski definition) is 2. The summed E-state index contributed by atoms with van der Waals surface area (Å²) in [4.78, 5) is 62.4. The summed E-state index contributed by atoms with van der Waals surface area (Å²) < 4.78 is 56.5. The number of urea groups is 1. The van der Waals surface area contributed by atoms with E-state index in [-0.39, 0.29) is 43.4 Å². The Morgan fingerprint density at radius 2 is 1.59 bits per heavy atom. The molecule has 5 heterocycles. The normalized spacial score (nSPS) is 22.9. The van der Waals surface area contributed by atoms with Gasteiger partial charge in [-0.05, 0) is 99.2 Å². The second-order valence-corrected chi connectivity index (χ2v) is 16.9. The van der Waals surface area contributed by atoms with E-state index in [1.807, 2.05) is 30.9 Å². The first kappa shape index (κ1) is 41.8. The third-order valence-corrected chi connectivity index (χ3v) is 12.9. The first-order valence-electron chi connectivity index (χ1n) is 20.9. The van der Waals surface area contributed by atoms with Gasteiger partial charge in [0, 0.05) is 107 Å². The molecule has 322 valence electrons. The van der Waals surface area contributed by atoms with E-state index in [1.165, 1.54) is 18.2 Å². The highest BCUT2D eigenvalue weighted by Gasteiger charge is 2.40. The molecule has 4 saturated heterocycles. The lowest BCUT2D eigenvalue weighted by molar-refractivity contribution is -0.138. The summed E-state index contributed by atoms with van der Waals surface area (Å²) >= 11 is 0.